The Hall–Kier alpha value is -0.700. The second-order valence-electron chi connectivity index (χ2n) is 3.94. The summed E-state index contributed by atoms with van der Waals surface area (Å²) in [7, 11) is -3.57. The van der Waals surface area contributed by atoms with E-state index in [1.165, 1.54) is 0 Å². The Morgan fingerprint density at radius 2 is 2.06 bits per heavy atom. The third-order valence-corrected chi connectivity index (χ3v) is 4.04. The normalized spacial score (nSPS) is 11.6. The Morgan fingerprint density at radius 1 is 1.44 bits per heavy atom. The van der Waals surface area contributed by atoms with Crippen LogP contribution in [0.4, 0.5) is 5.69 Å². The fraction of sp³-hybridized carbons (Fsp3) is 0.300. The highest BCUT2D eigenvalue weighted by atomic mass is 79.9. The van der Waals surface area contributed by atoms with Crippen LogP contribution in [0.15, 0.2) is 22.7 Å². The molecule has 100 valence electrons. The van der Waals surface area contributed by atoms with Gasteiger partial charge in [-0.3, -0.25) is 4.72 Å². The third kappa shape index (κ3) is 4.52. The molecule has 0 aromatic heterocycles. The van der Waals surface area contributed by atoms with Gasteiger partial charge in [0, 0.05) is 16.1 Å². The van der Waals surface area contributed by atoms with Crippen molar-refractivity contribution in [2.24, 2.45) is 5.73 Å². The third-order valence-electron chi connectivity index (χ3n) is 1.88. The Bertz CT molecular complexity index is 558. The molecule has 18 heavy (non-hydrogen) atoms. The fourth-order valence-electron chi connectivity index (χ4n) is 1.27. The molecule has 0 heterocycles. The maximum absolute atomic E-state index is 11.7. The van der Waals surface area contributed by atoms with Crippen LogP contribution in [0.1, 0.15) is 19.4 Å². The summed E-state index contributed by atoms with van der Waals surface area (Å²) in [6.45, 7) is 3.48. The number of hydrogen-bond acceptors (Lipinski definition) is 3. The van der Waals surface area contributed by atoms with E-state index in [-0.39, 0.29) is 11.0 Å². The summed E-state index contributed by atoms with van der Waals surface area (Å²) in [5.74, 6) is 0. The van der Waals surface area contributed by atoms with Crippen LogP contribution < -0.4 is 15.2 Å². The van der Waals surface area contributed by atoms with Crippen molar-refractivity contribution in [2.45, 2.75) is 19.9 Å². The maximum atomic E-state index is 11.7. The first-order valence-electron chi connectivity index (χ1n) is 5.10. The SMILES string of the molecule is CC(C)NS(=O)(=O)Nc1ccc(C(N)=S)c(Br)c1. The van der Waals surface area contributed by atoms with Crippen molar-refractivity contribution in [3.05, 3.63) is 28.2 Å². The average Bonchev–Trinajstić information content (AvgIpc) is 2.13. The molecule has 0 bridgehead atoms. The summed E-state index contributed by atoms with van der Waals surface area (Å²) in [6, 6.07) is 4.67. The number of nitrogens with one attached hydrogen (secondary N) is 2. The predicted molar refractivity (Wildman–Crippen MR) is 80.8 cm³/mol. The predicted octanol–water partition coefficient (Wildman–Crippen LogP) is 1.74. The van der Waals surface area contributed by atoms with Crippen LogP contribution in [-0.4, -0.2) is 19.4 Å². The Morgan fingerprint density at radius 3 is 2.50 bits per heavy atom. The maximum Gasteiger partial charge on any atom is 0.299 e. The van der Waals surface area contributed by atoms with Gasteiger partial charge in [-0.2, -0.15) is 13.1 Å². The van der Waals surface area contributed by atoms with Gasteiger partial charge in [0.2, 0.25) is 0 Å². The summed E-state index contributed by atoms with van der Waals surface area (Å²) < 4.78 is 28.8. The van der Waals surface area contributed by atoms with Crippen molar-refractivity contribution in [3.8, 4) is 0 Å². The van der Waals surface area contributed by atoms with Crippen LogP contribution in [0, 0.1) is 0 Å². The monoisotopic (exact) mass is 351 g/mol. The Balaban J connectivity index is 2.94. The van der Waals surface area contributed by atoms with E-state index in [0.29, 0.717) is 15.7 Å². The van der Waals surface area contributed by atoms with Crippen LogP contribution >= 0.6 is 28.1 Å². The molecule has 5 nitrogen and oxygen atoms in total. The second kappa shape index (κ2) is 5.96. The zero-order chi connectivity index (χ0) is 13.9. The van der Waals surface area contributed by atoms with E-state index in [1.807, 2.05) is 0 Å². The second-order valence-corrected chi connectivity index (χ2v) is 6.68. The van der Waals surface area contributed by atoms with E-state index in [2.05, 4.69) is 25.4 Å². The summed E-state index contributed by atoms with van der Waals surface area (Å²) in [5.41, 5.74) is 6.59. The molecule has 0 fully saturated rings. The number of nitrogens with two attached hydrogens (primary N) is 1. The highest BCUT2D eigenvalue weighted by Gasteiger charge is 2.12. The first-order valence-corrected chi connectivity index (χ1v) is 7.79. The lowest BCUT2D eigenvalue weighted by molar-refractivity contribution is 0.575. The molecule has 0 aliphatic rings. The zero-order valence-electron chi connectivity index (χ0n) is 9.90. The minimum atomic E-state index is -3.57. The molecule has 0 spiro atoms. The highest BCUT2D eigenvalue weighted by Crippen LogP contribution is 2.22. The molecule has 1 aromatic carbocycles. The van der Waals surface area contributed by atoms with Gasteiger partial charge in [0.1, 0.15) is 4.99 Å². The summed E-state index contributed by atoms with van der Waals surface area (Å²) in [6.07, 6.45) is 0. The molecule has 0 radical (unpaired) electrons. The molecule has 0 saturated carbocycles. The molecule has 4 N–H and O–H groups in total. The largest absolute Gasteiger partial charge is 0.389 e. The topological polar surface area (TPSA) is 84.2 Å². The smallest absolute Gasteiger partial charge is 0.299 e. The van der Waals surface area contributed by atoms with Gasteiger partial charge in [-0.05, 0) is 48.0 Å². The lowest BCUT2D eigenvalue weighted by Gasteiger charge is -2.12. The molecule has 0 aliphatic carbocycles. The number of thiocarbonyl (C=S) groups is 1. The van der Waals surface area contributed by atoms with Crippen molar-refractivity contribution in [1.82, 2.24) is 4.72 Å². The van der Waals surface area contributed by atoms with Gasteiger partial charge in [-0.15, -0.1) is 0 Å². The van der Waals surface area contributed by atoms with E-state index >= 15 is 0 Å². The van der Waals surface area contributed by atoms with E-state index in [1.54, 1.807) is 32.0 Å². The van der Waals surface area contributed by atoms with Gasteiger partial charge < -0.3 is 5.73 Å². The lowest BCUT2D eigenvalue weighted by Crippen LogP contribution is -2.35. The van der Waals surface area contributed by atoms with Gasteiger partial charge in [0.05, 0.1) is 5.69 Å². The Labute approximate surface area is 120 Å². The van der Waals surface area contributed by atoms with E-state index in [9.17, 15) is 8.42 Å². The van der Waals surface area contributed by atoms with Gasteiger partial charge in [-0.1, -0.05) is 12.2 Å². The first-order chi connectivity index (χ1) is 8.21. The molecule has 0 saturated heterocycles. The molecule has 8 heteroatoms. The molecule has 0 atom stereocenters. The van der Waals surface area contributed by atoms with Crippen molar-refractivity contribution in [3.63, 3.8) is 0 Å². The molecule has 1 aromatic rings. The van der Waals surface area contributed by atoms with Crippen LogP contribution in [-0.2, 0) is 10.2 Å². The van der Waals surface area contributed by atoms with Crippen LogP contribution in [0.25, 0.3) is 0 Å². The van der Waals surface area contributed by atoms with E-state index in [0.717, 1.165) is 0 Å². The van der Waals surface area contributed by atoms with Crippen molar-refractivity contribution in [2.75, 3.05) is 4.72 Å². The summed E-state index contributed by atoms with van der Waals surface area (Å²) in [5, 5.41) is 0. The Kier molecular flexibility index (Phi) is 5.09. The fourth-order valence-corrected chi connectivity index (χ4v) is 3.29. The van der Waals surface area contributed by atoms with Crippen LogP contribution in [0.2, 0.25) is 0 Å². The van der Waals surface area contributed by atoms with Crippen molar-refractivity contribution in [1.29, 1.82) is 0 Å². The highest BCUT2D eigenvalue weighted by molar-refractivity contribution is 9.10. The quantitative estimate of drug-likeness (QED) is 0.705. The van der Waals surface area contributed by atoms with Crippen molar-refractivity contribution >= 4 is 49.0 Å². The van der Waals surface area contributed by atoms with Gasteiger partial charge in [0.15, 0.2) is 0 Å². The molecular formula is C10H14BrN3O2S2. The minimum absolute atomic E-state index is 0.179. The zero-order valence-corrected chi connectivity index (χ0v) is 13.1. The molecule has 1 rings (SSSR count). The molecule has 0 aliphatic heterocycles. The molecule has 0 amide bonds. The minimum Gasteiger partial charge on any atom is -0.389 e. The number of anilines is 1. The average molecular weight is 352 g/mol. The lowest BCUT2D eigenvalue weighted by atomic mass is 10.2. The molecule has 0 unspecified atom stereocenters. The number of halogens is 1. The standard InChI is InChI=1S/C10H14BrN3O2S2/c1-6(2)13-18(15,16)14-7-3-4-8(10(12)17)9(11)5-7/h3-6,13-14H,1-2H3,(H2,12,17). The summed E-state index contributed by atoms with van der Waals surface area (Å²) >= 11 is 8.14. The number of benzene rings is 1. The van der Waals surface area contributed by atoms with Crippen LogP contribution in [0.3, 0.4) is 0 Å². The van der Waals surface area contributed by atoms with E-state index < -0.39 is 10.2 Å². The van der Waals surface area contributed by atoms with Gasteiger partial charge in [0.25, 0.3) is 10.2 Å². The summed E-state index contributed by atoms with van der Waals surface area (Å²) in [4.78, 5) is 0.247. The van der Waals surface area contributed by atoms with Crippen LogP contribution in [0.5, 0.6) is 0 Å². The van der Waals surface area contributed by atoms with Gasteiger partial charge in [-0.25, -0.2) is 0 Å². The first kappa shape index (κ1) is 15.4. The van der Waals surface area contributed by atoms with Gasteiger partial charge >= 0.3 is 0 Å². The van der Waals surface area contributed by atoms with E-state index in [4.69, 9.17) is 18.0 Å². The van der Waals surface area contributed by atoms with Crippen molar-refractivity contribution < 1.29 is 8.42 Å². The number of rotatable bonds is 5. The molecular weight excluding hydrogens is 338 g/mol. The number of hydrogen-bond donors (Lipinski definition) is 3.